The van der Waals surface area contributed by atoms with Crippen molar-refractivity contribution >= 4 is 21.6 Å². The van der Waals surface area contributed by atoms with Crippen LogP contribution in [0.4, 0.5) is 4.39 Å². The first-order chi connectivity index (χ1) is 8.51. The number of alkyl halides is 1. The van der Waals surface area contributed by atoms with Crippen molar-refractivity contribution in [1.82, 2.24) is 9.71 Å². The second-order valence-electron chi connectivity index (χ2n) is 3.54. The van der Waals surface area contributed by atoms with Crippen molar-refractivity contribution in [3.05, 3.63) is 24.1 Å². The SMILES string of the molecule is COCC(CCCl)NS(=O)(=O)c1ncccc1F. The molecule has 102 valence electrons. The minimum Gasteiger partial charge on any atom is -0.383 e. The van der Waals surface area contributed by atoms with Crippen molar-refractivity contribution in [3.63, 3.8) is 0 Å². The first-order valence-corrected chi connectivity index (χ1v) is 7.20. The second-order valence-corrected chi connectivity index (χ2v) is 5.55. The number of methoxy groups -OCH3 is 1. The van der Waals surface area contributed by atoms with E-state index in [0.717, 1.165) is 6.07 Å². The highest BCUT2D eigenvalue weighted by Crippen LogP contribution is 2.11. The van der Waals surface area contributed by atoms with Gasteiger partial charge in [-0.25, -0.2) is 22.5 Å². The maximum Gasteiger partial charge on any atom is 0.261 e. The van der Waals surface area contributed by atoms with Crippen molar-refractivity contribution < 1.29 is 17.5 Å². The fraction of sp³-hybridized carbons (Fsp3) is 0.500. The number of nitrogens with zero attached hydrogens (tertiary/aromatic N) is 1. The molecular formula is C10H14ClFN2O3S. The number of halogens is 2. The fourth-order valence-electron chi connectivity index (χ4n) is 1.35. The number of sulfonamides is 1. The molecule has 1 unspecified atom stereocenters. The van der Waals surface area contributed by atoms with Gasteiger partial charge in [0.2, 0.25) is 5.03 Å². The molecule has 0 aliphatic carbocycles. The van der Waals surface area contributed by atoms with Crippen LogP contribution in [-0.4, -0.2) is 39.0 Å². The van der Waals surface area contributed by atoms with Gasteiger partial charge in [0.15, 0.2) is 5.82 Å². The molecule has 0 bridgehead atoms. The molecule has 1 heterocycles. The lowest BCUT2D eigenvalue weighted by molar-refractivity contribution is 0.173. The smallest absolute Gasteiger partial charge is 0.261 e. The number of nitrogens with one attached hydrogen (secondary N) is 1. The Morgan fingerprint density at radius 3 is 2.89 bits per heavy atom. The van der Waals surface area contributed by atoms with E-state index in [9.17, 15) is 12.8 Å². The average molecular weight is 297 g/mol. The monoisotopic (exact) mass is 296 g/mol. The molecule has 1 aromatic heterocycles. The molecular weight excluding hydrogens is 283 g/mol. The minimum absolute atomic E-state index is 0.153. The van der Waals surface area contributed by atoms with Gasteiger partial charge >= 0.3 is 0 Å². The van der Waals surface area contributed by atoms with E-state index in [0.29, 0.717) is 6.42 Å². The van der Waals surface area contributed by atoms with E-state index in [1.807, 2.05) is 0 Å². The van der Waals surface area contributed by atoms with Crippen LogP contribution < -0.4 is 4.72 Å². The van der Waals surface area contributed by atoms with Crippen LogP contribution in [0.15, 0.2) is 23.4 Å². The number of hydrogen-bond acceptors (Lipinski definition) is 4. The summed E-state index contributed by atoms with van der Waals surface area (Å²) in [7, 11) is -2.57. The number of rotatable bonds is 7. The Bertz CT molecular complexity index is 478. The van der Waals surface area contributed by atoms with Gasteiger partial charge in [0.05, 0.1) is 6.61 Å². The molecule has 1 aromatic rings. The maximum atomic E-state index is 13.4. The Morgan fingerprint density at radius 1 is 1.61 bits per heavy atom. The van der Waals surface area contributed by atoms with Gasteiger partial charge in [-0.05, 0) is 18.6 Å². The molecule has 18 heavy (non-hydrogen) atoms. The zero-order valence-corrected chi connectivity index (χ0v) is 11.3. The Morgan fingerprint density at radius 2 is 2.33 bits per heavy atom. The molecule has 5 nitrogen and oxygen atoms in total. The number of aromatic nitrogens is 1. The largest absolute Gasteiger partial charge is 0.383 e. The molecule has 1 atom stereocenters. The number of hydrogen-bond donors (Lipinski definition) is 1. The molecule has 0 aliphatic rings. The van der Waals surface area contributed by atoms with Crippen LogP contribution in [0.3, 0.4) is 0 Å². The van der Waals surface area contributed by atoms with Gasteiger partial charge in [-0.1, -0.05) is 0 Å². The Hall–Kier alpha value is -0.760. The lowest BCUT2D eigenvalue weighted by Crippen LogP contribution is -2.39. The van der Waals surface area contributed by atoms with Crippen molar-refractivity contribution in [3.8, 4) is 0 Å². The lowest BCUT2D eigenvalue weighted by atomic mass is 10.3. The summed E-state index contributed by atoms with van der Waals surface area (Å²) in [5.41, 5.74) is 0. The summed E-state index contributed by atoms with van der Waals surface area (Å²) in [6, 6.07) is 1.84. The van der Waals surface area contributed by atoms with Crippen LogP contribution in [0.25, 0.3) is 0 Å². The van der Waals surface area contributed by atoms with Gasteiger partial charge in [-0.15, -0.1) is 11.6 Å². The van der Waals surface area contributed by atoms with Gasteiger partial charge in [-0.3, -0.25) is 0 Å². The number of ether oxygens (including phenoxy) is 1. The Labute approximate surface area is 110 Å². The van der Waals surface area contributed by atoms with Crippen molar-refractivity contribution in [2.24, 2.45) is 0 Å². The first-order valence-electron chi connectivity index (χ1n) is 5.19. The van der Waals surface area contributed by atoms with E-state index < -0.39 is 26.9 Å². The molecule has 0 radical (unpaired) electrons. The highest BCUT2D eigenvalue weighted by atomic mass is 35.5. The van der Waals surface area contributed by atoms with Crippen molar-refractivity contribution in [2.45, 2.75) is 17.5 Å². The minimum atomic E-state index is -4.01. The normalized spacial score (nSPS) is 13.5. The molecule has 0 spiro atoms. The molecule has 0 saturated carbocycles. The molecule has 8 heteroatoms. The third-order valence-electron chi connectivity index (χ3n) is 2.13. The molecule has 0 fully saturated rings. The summed E-state index contributed by atoms with van der Waals surface area (Å²) in [5.74, 6) is -0.631. The molecule has 0 saturated heterocycles. The topological polar surface area (TPSA) is 68.3 Å². The molecule has 0 amide bonds. The summed E-state index contributed by atoms with van der Waals surface area (Å²) in [5, 5.41) is -0.624. The van der Waals surface area contributed by atoms with E-state index >= 15 is 0 Å². The summed E-state index contributed by atoms with van der Waals surface area (Å²) in [4.78, 5) is 3.52. The zero-order valence-electron chi connectivity index (χ0n) is 9.77. The van der Waals surface area contributed by atoms with Gasteiger partial charge < -0.3 is 4.74 Å². The highest BCUT2D eigenvalue weighted by molar-refractivity contribution is 7.89. The summed E-state index contributed by atoms with van der Waals surface area (Å²) < 4.78 is 44.4. The lowest BCUT2D eigenvalue weighted by Gasteiger charge is -2.16. The summed E-state index contributed by atoms with van der Waals surface area (Å²) in [6.45, 7) is 0.153. The van der Waals surface area contributed by atoms with Gasteiger partial charge in [0.1, 0.15) is 0 Å². The van der Waals surface area contributed by atoms with E-state index in [2.05, 4.69) is 9.71 Å². The predicted molar refractivity (Wildman–Crippen MR) is 65.5 cm³/mol. The van der Waals surface area contributed by atoms with Crippen LogP contribution in [0.5, 0.6) is 0 Å². The van der Waals surface area contributed by atoms with Crippen molar-refractivity contribution in [1.29, 1.82) is 0 Å². The molecule has 1 rings (SSSR count). The van der Waals surface area contributed by atoms with Crippen LogP contribution in [0.2, 0.25) is 0 Å². The van der Waals surface area contributed by atoms with Crippen LogP contribution in [0, 0.1) is 5.82 Å². The van der Waals surface area contributed by atoms with Gasteiger partial charge in [-0.2, -0.15) is 0 Å². The fourth-order valence-corrected chi connectivity index (χ4v) is 2.88. The maximum absolute atomic E-state index is 13.4. The molecule has 0 aromatic carbocycles. The Kier molecular flexibility index (Phi) is 5.94. The van der Waals surface area contributed by atoms with E-state index in [1.54, 1.807) is 0 Å². The highest BCUT2D eigenvalue weighted by Gasteiger charge is 2.24. The van der Waals surface area contributed by atoms with E-state index in [4.69, 9.17) is 16.3 Å². The zero-order chi connectivity index (χ0) is 13.6. The van der Waals surface area contributed by atoms with Crippen LogP contribution in [-0.2, 0) is 14.8 Å². The predicted octanol–water partition coefficient (Wildman–Crippen LogP) is 1.14. The third kappa shape index (κ3) is 4.16. The van der Waals surface area contributed by atoms with E-state index in [1.165, 1.54) is 19.4 Å². The Balaban J connectivity index is 2.90. The first kappa shape index (κ1) is 15.3. The van der Waals surface area contributed by atoms with E-state index in [-0.39, 0.29) is 12.5 Å². The third-order valence-corrected chi connectivity index (χ3v) is 3.80. The second kappa shape index (κ2) is 6.98. The summed E-state index contributed by atoms with van der Waals surface area (Å²) in [6.07, 6.45) is 1.59. The average Bonchev–Trinajstić information content (AvgIpc) is 2.29. The van der Waals surface area contributed by atoms with Crippen LogP contribution in [0.1, 0.15) is 6.42 Å². The van der Waals surface area contributed by atoms with Crippen LogP contribution >= 0.6 is 11.6 Å². The van der Waals surface area contributed by atoms with Gasteiger partial charge in [0, 0.05) is 25.2 Å². The molecule has 1 N–H and O–H groups in total. The quantitative estimate of drug-likeness (QED) is 0.766. The molecule has 0 aliphatic heterocycles. The number of pyridine rings is 1. The summed E-state index contributed by atoms with van der Waals surface area (Å²) >= 11 is 5.56. The standard InChI is InChI=1S/C10H14ClFN2O3S/c1-17-7-8(4-5-11)14-18(15,16)10-9(12)3-2-6-13-10/h2-3,6,8,14H,4-5,7H2,1H3. The van der Waals surface area contributed by atoms with Gasteiger partial charge in [0.25, 0.3) is 10.0 Å². The van der Waals surface area contributed by atoms with Crippen molar-refractivity contribution in [2.75, 3.05) is 19.6 Å².